The van der Waals surface area contributed by atoms with E-state index in [0.29, 0.717) is 48.6 Å². The molecule has 1 aliphatic rings. The first-order valence-electron chi connectivity index (χ1n) is 10.3. The van der Waals surface area contributed by atoms with Crippen molar-refractivity contribution in [3.8, 4) is 6.07 Å². The number of nitrogens with zero attached hydrogens (tertiary/aromatic N) is 4. The lowest BCUT2D eigenvalue weighted by atomic mass is 10.0. The Hall–Kier alpha value is -3.84. The lowest BCUT2D eigenvalue weighted by molar-refractivity contribution is 0.0696. The maximum atomic E-state index is 14.3. The van der Waals surface area contributed by atoms with Gasteiger partial charge in [0.05, 0.1) is 11.3 Å². The SMILES string of the molecule is N#Cc1c(N)ncnc1NCCc1nc2c(F)cccc2cc1C(=O)NC1CCOCC1. The van der Waals surface area contributed by atoms with Crippen LogP contribution in [0.4, 0.5) is 16.0 Å². The zero-order valence-corrected chi connectivity index (χ0v) is 17.3. The van der Waals surface area contributed by atoms with Gasteiger partial charge in [0, 0.05) is 37.6 Å². The molecular weight excluding hydrogens is 413 g/mol. The van der Waals surface area contributed by atoms with E-state index in [9.17, 15) is 14.4 Å². The van der Waals surface area contributed by atoms with E-state index in [4.69, 9.17) is 10.5 Å². The third-order valence-electron chi connectivity index (χ3n) is 5.32. The molecule has 164 valence electrons. The Labute approximate surface area is 183 Å². The van der Waals surface area contributed by atoms with Crippen LogP contribution in [0, 0.1) is 17.1 Å². The summed E-state index contributed by atoms with van der Waals surface area (Å²) in [5, 5.41) is 15.9. The monoisotopic (exact) mass is 435 g/mol. The maximum absolute atomic E-state index is 14.3. The second-order valence-corrected chi connectivity index (χ2v) is 7.43. The molecular formula is C22H22FN7O2. The number of halogens is 1. The quantitative estimate of drug-likeness (QED) is 0.535. The van der Waals surface area contributed by atoms with Crippen molar-refractivity contribution in [2.45, 2.75) is 25.3 Å². The smallest absolute Gasteiger partial charge is 0.253 e. The molecule has 10 heteroatoms. The minimum Gasteiger partial charge on any atom is -0.382 e. The second kappa shape index (κ2) is 9.53. The van der Waals surface area contributed by atoms with Crippen molar-refractivity contribution >= 4 is 28.4 Å². The molecule has 3 heterocycles. The number of amides is 1. The summed E-state index contributed by atoms with van der Waals surface area (Å²) in [6, 6.07) is 8.30. The number of pyridine rings is 1. The van der Waals surface area contributed by atoms with Gasteiger partial charge in [0.15, 0.2) is 0 Å². The topological polar surface area (TPSA) is 139 Å². The average Bonchev–Trinajstić information content (AvgIpc) is 2.80. The third kappa shape index (κ3) is 4.58. The van der Waals surface area contributed by atoms with Crippen LogP contribution in [0.1, 0.15) is 34.5 Å². The Kier molecular flexibility index (Phi) is 6.37. The highest BCUT2D eigenvalue weighted by Crippen LogP contribution is 2.21. The summed E-state index contributed by atoms with van der Waals surface area (Å²) < 4.78 is 19.7. The highest BCUT2D eigenvalue weighted by atomic mass is 19.1. The van der Waals surface area contributed by atoms with Gasteiger partial charge in [0.1, 0.15) is 40.9 Å². The Balaban J connectivity index is 1.59. The molecule has 4 N–H and O–H groups in total. The van der Waals surface area contributed by atoms with Crippen molar-refractivity contribution < 1.29 is 13.9 Å². The number of fused-ring (bicyclic) bond motifs is 1. The number of hydrogen-bond donors (Lipinski definition) is 3. The molecule has 9 nitrogen and oxygen atoms in total. The molecule has 3 aromatic rings. The molecule has 1 saturated heterocycles. The van der Waals surface area contributed by atoms with Crippen molar-refractivity contribution in [2.75, 3.05) is 30.8 Å². The fraction of sp³-hybridized carbons (Fsp3) is 0.318. The number of nitrogens with one attached hydrogen (secondary N) is 2. The zero-order valence-electron chi connectivity index (χ0n) is 17.3. The molecule has 32 heavy (non-hydrogen) atoms. The van der Waals surface area contributed by atoms with Crippen LogP contribution in [0.25, 0.3) is 10.9 Å². The summed E-state index contributed by atoms with van der Waals surface area (Å²) in [7, 11) is 0. The number of carbonyl (C=O) groups excluding carboxylic acids is 1. The molecule has 0 saturated carbocycles. The Morgan fingerprint density at radius 1 is 1.31 bits per heavy atom. The number of rotatable bonds is 6. The Morgan fingerprint density at radius 3 is 2.91 bits per heavy atom. The van der Waals surface area contributed by atoms with Gasteiger partial charge in [-0.25, -0.2) is 19.3 Å². The summed E-state index contributed by atoms with van der Waals surface area (Å²) in [6.07, 6.45) is 3.04. The predicted octanol–water partition coefficient (Wildman–Crippen LogP) is 2.18. The largest absolute Gasteiger partial charge is 0.382 e. The van der Waals surface area contributed by atoms with Gasteiger partial charge < -0.3 is 21.1 Å². The lowest BCUT2D eigenvalue weighted by Gasteiger charge is -2.23. The number of aromatic nitrogens is 3. The first kappa shape index (κ1) is 21.4. The molecule has 0 radical (unpaired) electrons. The van der Waals surface area contributed by atoms with E-state index in [0.717, 1.165) is 12.8 Å². The van der Waals surface area contributed by atoms with Crippen LogP contribution < -0.4 is 16.4 Å². The van der Waals surface area contributed by atoms with Crippen LogP contribution in [0.3, 0.4) is 0 Å². The molecule has 1 aromatic carbocycles. The van der Waals surface area contributed by atoms with E-state index < -0.39 is 5.82 Å². The average molecular weight is 435 g/mol. The van der Waals surface area contributed by atoms with Gasteiger partial charge in [-0.3, -0.25) is 4.79 Å². The molecule has 4 rings (SSSR count). The van der Waals surface area contributed by atoms with Gasteiger partial charge in [-0.2, -0.15) is 5.26 Å². The minimum atomic E-state index is -0.455. The van der Waals surface area contributed by atoms with Gasteiger partial charge >= 0.3 is 0 Å². The summed E-state index contributed by atoms with van der Waals surface area (Å²) >= 11 is 0. The first-order valence-corrected chi connectivity index (χ1v) is 10.3. The number of benzene rings is 1. The molecule has 0 spiro atoms. The molecule has 2 aromatic heterocycles. The van der Waals surface area contributed by atoms with Crippen LogP contribution >= 0.6 is 0 Å². The highest BCUT2D eigenvalue weighted by Gasteiger charge is 2.21. The number of carbonyl (C=O) groups is 1. The van der Waals surface area contributed by atoms with Gasteiger partial charge in [0.25, 0.3) is 5.91 Å². The molecule has 0 bridgehead atoms. The van der Waals surface area contributed by atoms with Gasteiger partial charge in [-0.05, 0) is 25.0 Å². The van der Waals surface area contributed by atoms with Crippen molar-refractivity contribution in [1.82, 2.24) is 20.3 Å². The fourth-order valence-electron chi connectivity index (χ4n) is 3.64. The molecule has 0 aliphatic carbocycles. The van der Waals surface area contributed by atoms with E-state index in [1.165, 1.54) is 12.4 Å². The number of para-hydroxylation sites is 1. The van der Waals surface area contributed by atoms with Crippen LogP contribution in [0.2, 0.25) is 0 Å². The van der Waals surface area contributed by atoms with E-state index >= 15 is 0 Å². The van der Waals surface area contributed by atoms with Crippen LogP contribution in [-0.4, -0.2) is 46.7 Å². The van der Waals surface area contributed by atoms with Crippen molar-refractivity contribution in [1.29, 1.82) is 5.26 Å². The van der Waals surface area contributed by atoms with E-state index in [-0.39, 0.29) is 28.8 Å². The number of nitrogen functional groups attached to an aromatic ring is 1. The van der Waals surface area contributed by atoms with E-state index in [1.807, 2.05) is 6.07 Å². The number of anilines is 2. The van der Waals surface area contributed by atoms with Crippen molar-refractivity contribution in [3.05, 3.63) is 53.2 Å². The zero-order chi connectivity index (χ0) is 22.5. The molecule has 1 fully saturated rings. The number of nitrogens with two attached hydrogens (primary N) is 1. The molecule has 0 unspecified atom stereocenters. The number of nitriles is 1. The molecule has 1 amide bonds. The summed E-state index contributed by atoms with van der Waals surface area (Å²) in [6.45, 7) is 1.51. The van der Waals surface area contributed by atoms with Gasteiger partial charge in [0.2, 0.25) is 0 Å². The van der Waals surface area contributed by atoms with E-state index in [2.05, 4.69) is 25.6 Å². The van der Waals surface area contributed by atoms with Crippen LogP contribution in [0.5, 0.6) is 0 Å². The van der Waals surface area contributed by atoms with E-state index in [1.54, 1.807) is 18.2 Å². The van der Waals surface area contributed by atoms with Gasteiger partial charge in [-0.15, -0.1) is 0 Å². The normalized spacial score (nSPS) is 14.1. The van der Waals surface area contributed by atoms with Crippen molar-refractivity contribution in [2.24, 2.45) is 0 Å². The summed E-state index contributed by atoms with van der Waals surface area (Å²) in [5.41, 5.74) is 6.89. The van der Waals surface area contributed by atoms with Crippen molar-refractivity contribution in [3.63, 3.8) is 0 Å². The number of ether oxygens (including phenoxy) is 1. The fourth-order valence-corrected chi connectivity index (χ4v) is 3.64. The molecule has 0 atom stereocenters. The third-order valence-corrected chi connectivity index (χ3v) is 5.32. The summed E-state index contributed by atoms with van der Waals surface area (Å²) in [4.78, 5) is 25.4. The first-order chi connectivity index (χ1) is 15.6. The lowest BCUT2D eigenvalue weighted by Crippen LogP contribution is -2.39. The van der Waals surface area contributed by atoms with Gasteiger partial charge in [-0.1, -0.05) is 12.1 Å². The highest BCUT2D eigenvalue weighted by molar-refractivity contribution is 5.99. The Morgan fingerprint density at radius 2 is 2.12 bits per heavy atom. The maximum Gasteiger partial charge on any atom is 0.253 e. The second-order valence-electron chi connectivity index (χ2n) is 7.43. The standard InChI is InChI=1S/C22H22FN7O2/c23-17-3-1-2-13-10-15(22(31)29-14-5-8-32-9-6-14)18(30-19(13)17)4-7-26-21-16(11-24)20(25)27-12-28-21/h1-3,10,12,14H,4-9H2,(H,29,31)(H3,25,26,27,28). The van der Waals surface area contributed by atoms with Crippen LogP contribution in [-0.2, 0) is 11.2 Å². The predicted molar refractivity (Wildman–Crippen MR) is 116 cm³/mol. The number of hydrogen-bond acceptors (Lipinski definition) is 8. The minimum absolute atomic E-state index is 0.0209. The summed E-state index contributed by atoms with van der Waals surface area (Å²) in [5.74, 6) is -0.342. The van der Waals surface area contributed by atoms with Crippen LogP contribution in [0.15, 0.2) is 30.6 Å². The Bertz CT molecular complexity index is 1190. The molecule has 1 aliphatic heterocycles.